The maximum absolute atomic E-state index is 13.3. The number of piperazine rings is 1. The van der Waals surface area contributed by atoms with Gasteiger partial charge in [0, 0.05) is 55.7 Å². The molecule has 0 radical (unpaired) electrons. The van der Waals surface area contributed by atoms with Gasteiger partial charge in [0.2, 0.25) is 0 Å². The number of carbonyl (C=O) groups excluding carboxylic acids is 1. The smallest absolute Gasteiger partial charge is 0.423 e. The van der Waals surface area contributed by atoms with Crippen LogP contribution in [0.15, 0.2) is 67.0 Å². The summed E-state index contributed by atoms with van der Waals surface area (Å²) >= 11 is 0. The Kier molecular flexibility index (Phi) is 8.64. The molecular weight excluding hydrogens is 553 g/mol. The summed E-state index contributed by atoms with van der Waals surface area (Å²) in [5.74, 6) is 0.637. The number of nitro groups is 1. The summed E-state index contributed by atoms with van der Waals surface area (Å²) in [6, 6.07) is 14.1. The van der Waals surface area contributed by atoms with Gasteiger partial charge in [-0.15, -0.1) is 0 Å². The van der Waals surface area contributed by atoms with E-state index < -0.39 is 22.4 Å². The lowest BCUT2D eigenvalue weighted by atomic mass is 9.92. The first-order chi connectivity index (χ1) is 20.2. The van der Waals surface area contributed by atoms with Crippen molar-refractivity contribution in [3.05, 3.63) is 82.7 Å². The maximum atomic E-state index is 13.3. The van der Waals surface area contributed by atoms with Crippen LogP contribution >= 0.6 is 0 Å². The van der Waals surface area contributed by atoms with E-state index in [2.05, 4.69) is 20.5 Å². The number of urea groups is 1. The molecular formula is C29H31F3N6O4. The summed E-state index contributed by atoms with van der Waals surface area (Å²) in [7, 11) is 0. The number of nitrogens with one attached hydrogen (secondary N) is 2. The largest absolute Gasteiger partial charge is 0.489 e. The second-order valence-corrected chi connectivity index (χ2v) is 10.4. The van der Waals surface area contributed by atoms with Gasteiger partial charge in [-0.2, -0.15) is 13.2 Å². The number of benzene rings is 2. The summed E-state index contributed by atoms with van der Waals surface area (Å²) in [6.45, 7) is 2.45. The quantitative estimate of drug-likeness (QED) is 0.252. The predicted molar refractivity (Wildman–Crippen MR) is 152 cm³/mol. The highest BCUT2D eigenvalue weighted by atomic mass is 19.4. The Hall–Kier alpha value is -4.55. The number of hydrogen-bond acceptors (Lipinski definition) is 7. The van der Waals surface area contributed by atoms with Crippen LogP contribution < -0.4 is 20.3 Å². The van der Waals surface area contributed by atoms with Crippen LogP contribution in [0, 0.1) is 10.1 Å². The highest BCUT2D eigenvalue weighted by Crippen LogP contribution is 2.38. The Morgan fingerprint density at radius 2 is 1.67 bits per heavy atom. The number of anilines is 3. The lowest BCUT2D eigenvalue weighted by Gasteiger charge is -2.36. The van der Waals surface area contributed by atoms with Crippen molar-refractivity contribution in [3.63, 3.8) is 0 Å². The number of pyridine rings is 1. The van der Waals surface area contributed by atoms with Crippen molar-refractivity contribution in [3.8, 4) is 5.75 Å². The topological polar surface area (TPSA) is 113 Å². The number of carbonyl (C=O) groups is 1. The molecule has 2 heterocycles. The monoisotopic (exact) mass is 584 g/mol. The summed E-state index contributed by atoms with van der Waals surface area (Å²) < 4.78 is 46.2. The molecule has 1 aliphatic heterocycles. The minimum atomic E-state index is -4.82. The fraction of sp³-hybridized carbons (Fsp3) is 0.379. The lowest BCUT2D eigenvalue weighted by molar-refractivity contribution is -0.388. The summed E-state index contributed by atoms with van der Waals surface area (Å²) in [5, 5.41) is 17.0. The molecule has 3 aromatic rings. The van der Waals surface area contributed by atoms with E-state index in [0.717, 1.165) is 23.5 Å². The van der Waals surface area contributed by atoms with Gasteiger partial charge in [-0.05, 0) is 49.9 Å². The minimum absolute atomic E-state index is 0.0683. The van der Waals surface area contributed by atoms with Gasteiger partial charge in [0.1, 0.15) is 11.3 Å². The molecule has 1 saturated heterocycles. The number of ether oxygens (including phenoxy) is 1. The third kappa shape index (κ3) is 7.20. The fourth-order valence-electron chi connectivity index (χ4n) is 5.30. The first-order valence-electron chi connectivity index (χ1n) is 13.8. The molecule has 0 unspecified atom stereocenters. The SMILES string of the molecule is O=C(Nc1ccccc1)N1CCN(c2cncc(OC3CCC(Nc4ccc([N+](=O)[O-])c(C(F)(F)F)c4)CC3)c2)CC1. The molecule has 0 bridgehead atoms. The van der Waals surface area contributed by atoms with Crippen molar-refractivity contribution in [1.82, 2.24) is 9.88 Å². The van der Waals surface area contributed by atoms with E-state index in [-0.39, 0.29) is 23.9 Å². The number of alkyl halides is 3. The van der Waals surface area contributed by atoms with Gasteiger partial charge in [-0.25, -0.2) is 4.79 Å². The first kappa shape index (κ1) is 29.0. The molecule has 0 spiro atoms. The highest BCUT2D eigenvalue weighted by Gasteiger charge is 2.38. The van der Waals surface area contributed by atoms with E-state index in [4.69, 9.17) is 4.74 Å². The first-order valence-corrected chi connectivity index (χ1v) is 13.8. The normalized spacial score (nSPS) is 19.2. The summed E-state index contributed by atoms with van der Waals surface area (Å²) in [5.41, 5.74) is -0.364. The van der Waals surface area contributed by atoms with Crippen LogP contribution in [0.25, 0.3) is 0 Å². The molecule has 222 valence electrons. The lowest BCUT2D eigenvalue weighted by Crippen LogP contribution is -2.50. The molecule has 2 fully saturated rings. The highest BCUT2D eigenvalue weighted by molar-refractivity contribution is 5.89. The van der Waals surface area contributed by atoms with Crippen LogP contribution in [-0.2, 0) is 6.18 Å². The number of para-hydroxylation sites is 1. The number of amides is 2. The van der Waals surface area contributed by atoms with Crippen LogP contribution in [0.4, 0.5) is 40.7 Å². The Morgan fingerprint density at radius 3 is 2.33 bits per heavy atom. The zero-order valence-corrected chi connectivity index (χ0v) is 22.7. The molecule has 1 aromatic heterocycles. The molecule has 42 heavy (non-hydrogen) atoms. The Bertz CT molecular complexity index is 1390. The van der Waals surface area contributed by atoms with Crippen molar-refractivity contribution in [1.29, 1.82) is 0 Å². The molecule has 1 aliphatic carbocycles. The second-order valence-electron chi connectivity index (χ2n) is 10.4. The standard InChI is InChI=1S/C29H31F3N6O4/c30-29(31,32)26-16-22(8-11-27(26)38(40)41)34-21-6-9-24(10-7-21)42-25-17-23(18-33-19-25)36-12-14-37(15-13-36)28(39)35-20-4-2-1-3-5-20/h1-5,8,11,16-19,21,24,34H,6-7,9-10,12-15H2,(H,35,39). The molecule has 5 rings (SSSR count). The van der Waals surface area contributed by atoms with Gasteiger partial charge in [0.05, 0.1) is 29.1 Å². The molecule has 13 heteroatoms. The number of rotatable bonds is 7. The van der Waals surface area contributed by atoms with Gasteiger partial charge in [0.25, 0.3) is 5.69 Å². The fourth-order valence-corrected chi connectivity index (χ4v) is 5.30. The molecule has 10 nitrogen and oxygen atoms in total. The Morgan fingerprint density at radius 1 is 0.952 bits per heavy atom. The number of nitro benzene ring substituents is 1. The van der Waals surface area contributed by atoms with Gasteiger partial charge < -0.3 is 25.2 Å². The number of nitrogens with zero attached hydrogens (tertiary/aromatic N) is 4. The van der Waals surface area contributed by atoms with Crippen LogP contribution in [0.1, 0.15) is 31.2 Å². The summed E-state index contributed by atoms with van der Waals surface area (Å²) in [6.07, 6.45) is 1.26. The van der Waals surface area contributed by atoms with E-state index in [1.165, 1.54) is 6.07 Å². The van der Waals surface area contributed by atoms with Crippen molar-refractivity contribution >= 4 is 28.8 Å². The van der Waals surface area contributed by atoms with Crippen molar-refractivity contribution in [2.45, 2.75) is 44.0 Å². The van der Waals surface area contributed by atoms with Gasteiger partial charge in [-0.1, -0.05) is 18.2 Å². The average molecular weight is 585 g/mol. The van der Waals surface area contributed by atoms with Crippen LogP contribution in [-0.4, -0.2) is 59.2 Å². The predicted octanol–water partition coefficient (Wildman–Crippen LogP) is 6.16. The van der Waals surface area contributed by atoms with Crippen molar-refractivity contribution < 1.29 is 27.6 Å². The zero-order valence-electron chi connectivity index (χ0n) is 22.7. The van der Waals surface area contributed by atoms with Crippen LogP contribution in [0.2, 0.25) is 0 Å². The van der Waals surface area contributed by atoms with Gasteiger partial charge in [0.15, 0.2) is 0 Å². The van der Waals surface area contributed by atoms with E-state index >= 15 is 0 Å². The molecule has 2 aromatic carbocycles. The molecule has 1 saturated carbocycles. The van der Waals surface area contributed by atoms with E-state index in [1.807, 2.05) is 36.4 Å². The number of aromatic nitrogens is 1. The molecule has 2 N–H and O–H groups in total. The van der Waals surface area contributed by atoms with Gasteiger partial charge in [-0.3, -0.25) is 15.1 Å². The van der Waals surface area contributed by atoms with E-state index in [0.29, 0.717) is 57.6 Å². The molecule has 2 aliphatic rings. The third-order valence-electron chi connectivity index (χ3n) is 7.50. The van der Waals surface area contributed by atoms with Crippen molar-refractivity contribution in [2.24, 2.45) is 0 Å². The van der Waals surface area contributed by atoms with Gasteiger partial charge >= 0.3 is 12.2 Å². The summed E-state index contributed by atoms with van der Waals surface area (Å²) in [4.78, 5) is 30.9. The Balaban J connectivity index is 1.10. The molecule has 2 amide bonds. The Labute approximate surface area is 240 Å². The number of hydrogen-bond donors (Lipinski definition) is 2. The molecule has 0 atom stereocenters. The average Bonchev–Trinajstić information content (AvgIpc) is 2.98. The maximum Gasteiger partial charge on any atom is 0.423 e. The number of halogens is 3. The van der Waals surface area contributed by atoms with Crippen LogP contribution in [0.3, 0.4) is 0 Å². The second kappa shape index (κ2) is 12.5. The van der Waals surface area contributed by atoms with E-state index in [1.54, 1.807) is 17.3 Å². The van der Waals surface area contributed by atoms with Crippen molar-refractivity contribution in [2.75, 3.05) is 41.7 Å². The minimum Gasteiger partial charge on any atom is -0.489 e. The van der Waals surface area contributed by atoms with E-state index in [9.17, 15) is 28.1 Å². The van der Waals surface area contributed by atoms with Crippen LogP contribution in [0.5, 0.6) is 5.75 Å². The third-order valence-corrected chi connectivity index (χ3v) is 7.50. The zero-order chi connectivity index (χ0) is 29.7.